The van der Waals surface area contributed by atoms with Crippen molar-refractivity contribution in [1.82, 2.24) is 0 Å². The van der Waals surface area contributed by atoms with Gasteiger partial charge in [0.1, 0.15) is 48.8 Å². The first-order valence-electron chi connectivity index (χ1n) is 7.12. The van der Waals surface area contributed by atoms with E-state index in [1.54, 1.807) is 0 Å². The largest absolute Gasteiger partial charge is 0.394 e. The van der Waals surface area contributed by atoms with Crippen molar-refractivity contribution in [2.75, 3.05) is 13.2 Å². The molecule has 0 aromatic heterocycles. The van der Waals surface area contributed by atoms with Crippen LogP contribution < -0.4 is 0 Å². The fourth-order valence-corrected chi connectivity index (χ4v) is 2.16. The summed E-state index contributed by atoms with van der Waals surface area (Å²) in [5.74, 6) is 0. The van der Waals surface area contributed by atoms with Gasteiger partial charge in [-0.15, -0.1) is 0 Å². The fraction of sp³-hybridized carbons (Fsp3) is 1.00. The Kier molecular flexibility index (Phi) is 8.34. The Balaban J connectivity index is 0.000000240. The van der Waals surface area contributed by atoms with E-state index in [9.17, 15) is 0 Å². The van der Waals surface area contributed by atoms with Gasteiger partial charge in [0, 0.05) is 0 Å². The summed E-state index contributed by atoms with van der Waals surface area (Å²) in [6.45, 7) is -1.05. The predicted molar refractivity (Wildman–Crippen MR) is 72.0 cm³/mol. The van der Waals surface area contributed by atoms with E-state index in [1.165, 1.54) is 0 Å². The third-order valence-electron chi connectivity index (χ3n) is 3.73. The van der Waals surface area contributed by atoms with Crippen LogP contribution in [0.1, 0.15) is 0 Å². The first kappa shape index (κ1) is 21.6. The van der Waals surface area contributed by atoms with E-state index >= 15 is 0 Å². The molecule has 2 aliphatic rings. The summed E-state index contributed by atoms with van der Waals surface area (Å²) in [6.07, 6.45) is -14.1. The van der Waals surface area contributed by atoms with E-state index in [0.717, 1.165) is 0 Å². The molecule has 2 aliphatic heterocycles. The van der Waals surface area contributed by atoms with Gasteiger partial charge in [0.15, 0.2) is 12.6 Å². The van der Waals surface area contributed by atoms with Crippen LogP contribution in [0.4, 0.5) is 0 Å². The molecule has 10 N–H and O–H groups in total. The number of hydrogen-bond donors (Lipinski definition) is 10. The van der Waals surface area contributed by atoms with E-state index in [1.807, 2.05) is 0 Å². The number of hydrogen-bond acceptors (Lipinski definition) is 12. The summed E-state index contributed by atoms with van der Waals surface area (Å²) in [4.78, 5) is 0. The second-order valence-corrected chi connectivity index (χ2v) is 5.44. The van der Waals surface area contributed by atoms with E-state index in [4.69, 9.17) is 51.1 Å². The Hall–Kier alpha value is -0.480. The van der Waals surface area contributed by atoms with Crippen LogP contribution in [0.15, 0.2) is 0 Å². The summed E-state index contributed by atoms with van der Waals surface area (Å²) >= 11 is 0. The SMILES string of the molecule is OC[C@H]1OC(O)[C@@H](O)[C@@H](O)[C@@H]1O.OC[C@H]1O[C@@H](O)[C@@H](O)[C@@H](O)[C@@H]1O. The summed E-state index contributed by atoms with van der Waals surface area (Å²) < 4.78 is 9.15. The van der Waals surface area contributed by atoms with Crippen LogP contribution in [0, 0.1) is 0 Å². The smallest absolute Gasteiger partial charge is 0.184 e. The Morgan fingerprint density at radius 3 is 1.00 bits per heavy atom. The normalized spacial score (nSPS) is 49.2. The molecule has 12 nitrogen and oxygen atoms in total. The quantitative estimate of drug-likeness (QED) is 0.222. The Labute approximate surface area is 136 Å². The van der Waals surface area contributed by atoms with Crippen molar-refractivity contribution in [3.63, 3.8) is 0 Å². The Morgan fingerprint density at radius 1 is 0.458 bits per heavy atom. The molecule has 1 unspecified atom stereocenters. The molecular formula is C12H24O12. The zero-order valence-electron chi connectivity index (χ0n) is 12.5. The molecule has 0 amide bonds. The number of rotatable bonds is 2. The molecule has 0 aromatic carbocycles. The maximum atomic E-state index is 9.12. The average molecular weight is 360 g/mol. The lowest BCUT2D eigenvalue weighted by atomic mass is 10.00. The lowest BCUT2D eigenvalue weighted by Crippen LogP contribution is -2.58. The highest BCUT2D eigenvalue weighted by molar-refractivity contribution is 4.88. The molecule has 10 atom stereocenters. The molecule has 2 heterocycles. The fourth-order valence-electron chi connectivity index (χ4n) is 2.16. The lowest BCUT2D eigenvalue weighted by Gasteiger charge is -2.37. The summed E-state index contributed by atoms with van der Waals surface area (Å²) in [5, 5.41) is 89.3. The van der Waals surface area contributed by atoms with Gasteiger partial charge < -0.3 is 60.5 Å². The van der Waals surface area contributed by atoms with Crippen molar-refractivity contribution in [2.24, 2.45) is 0 Å². The van der Waals surface area contributed by atoms with Crippen molar-refractivity contribution < 1.29 is 60.5 Å². The standard InChI is InChI=1S/2C6H12O6/c2*7-1-2-3(8)4(9)5(10)6(11)12-2/h2*2-11H,1H2/t2-,3-,4+,5+,6?;2-,3-,4+,5+,6-/m11/s1. The topological polar surface area (TPSA) is 221 Å². The van der Waals surface area contributed by atoms with Gasteiger partial charge in [-0.1, -0.05) is 0 Å². The highest BCUT2D eigenvalue weighted by Crippen LogP contribution is 2.19. The van der Waals surface area contributed by atoms with Gasteiger partial charge >= 0.3 is 0 Å². The maximum Gasteiger partial charge on any atom is 0.184 e. The minimum atomic E-state index is -1.57. The number of aliphatic hydroxyl groups is 10. The average Bonchev–Trinajstić information content (AvgIpc) is 2.58. The van der Waals surface area contributed by atoms with E-state index in [2.05, 4.69) is 9.47 Å². The predicted octanol–water partition coefficient (Wildman–Crippen LogP) is -6.44. The van der Waals surface area contributed by atoms with Crippen LogP contribution in [0.25, 0.3) is 0 Å². The van der Waals surface area contributed by atoms with Gasteiger partial charge in [-0.05, 0) is 0 Å². The highest BCUT2D eigenvalue weighted by Gasteiger charge is 2.43. The second kappa shape index (κ2) is 9.28. The summed E-state index contributed by atoms with van der Waals surface area (Å²) in [6, 6.07) is 0. The highest BCUT2D eigenvalue weighted by atomic mass is 16.6. The van der Waals surface area contributed by atoms with Crippen LogP contribution in [-0.2, 0) is 9.47 Å². The minimum absolute atomic E-state index is 0.526. The van der Waals surface area contributed by atoms with Gasteiger partial charge in [-0.3, -0.25) is 0 Å². The van der Waals surface area contributed by atoms with Crippen LogP contribution in [-0.4, -0.2) is 126 Å². The monoisotopic (exact) mass is 360 g/mol. The Morgan fingerprint density at radius 2 is 0.750 bits per heavy atom. The number of ether oxygens (including phenoxy) is 2. The zero-order valence-corrected chi connectivity index (χ0v) is 12.5. The molecule has 144 valence electrons. The van der Waals surface area contributed by atoms with Gasteiger partial charge in [-0.2, -0.15) is 0 Å². The summed E-state index contributed by atoms with van der Waals surface area (Å²) in [7, 11) is 0. The van der Waals surface area contributed by atoms with Crippen LogP contribution in [0.2, 0.25) is 0 Å². The van der Waals surface area contributed by atoms with Gasteiger partial charge in [0.2, 0.25) is 0 Å². The molecule has 0 saturated carbocycles. The lowest BCUT2D eigenvalue weighted by molar-refractivity contribution is -0.286. The molecule has 0 aliphatic carbocycles. The summed E-state index contributed by atoms with van der Waals surface area (Å²) in [5.41, 5.74) is 0. The molecular weight excluding hydrogens is 336 g/mol. The molecule has 0 radical (unpaired) electrons. The van der Waals surface area contributed by atoms with Gasteiger partial charge in [0.25, 0.3) is 0 Å². The van der Waals surface area contributed by atoms with Crippen LogP contribution in [0.3, 0.4) is 0 Å². The first-order valence-corrected chi connectivity index (χ1v) is 7.12. The maximum absolute atomic E-state index is 9.12. The molecule has 0 aromatic rings. The Bertz CT molecular complexity index is 326. The molecule has 0 spiro atoms. The first-order chi connectivity index (χ1) is 11.1. The third-order valence-corrected chi connectivity index (χ3v) is 3.73. The molecule has 12 heteroatoms. The van der Waals surface area contributed by atoms with Crippen molar-refractivity contribution in [3.8, 4) is 0 Å². The molecule has 2 saturated heterocycles. The molecule has 24 heavy (non-hydrogen) atoms. The van der Waals surface area contributed by atoms with Crippen molar-refractivity contribution in [3.05, 3.63) is 0 Å². The van der Waals surface area contributed by atoms with Crippen molar-refractivity contribution >= 4 is 0 Å². The number of aliphatic hydroxyl groups excluding tert-OH is 10. The van der Waals surface area contributed by atoms with E-state index in [-0.39, 0.29) is 0 Å². The van der Waals surface area contributed by atoms with Crippen molar-refractivity contribution in [2.45, 2.75) is 61.4 Å². The molecule has 2 rings (SSSR count). The van der Waals surface area contributed by atoms with Crippen LogP contribution in [0.5, 0.6) is 0 Å². The molecule has 0 bridgehead atoms. The third kappa shape index (κ3) is 4.78. The van der Waals surface area contributed by atoms with Crippen molar-refractivity contribution in [1.29, 1.82) is 0 Å². The zero-order chi connectivity index (χ0) is 18.6. The van der Waals surface area contributed by atoms with Crippen LogP contribution >= 0.6 is 0 Å². The van der Waals surface area contributed by atoms with E-state index in [0.29, 0.717) is 0 Å². The molecule has 2 fully saturated rings. The minimum Gasteiger partial charge on any atom is -0.394 e. The van der Waals surface area contributed by atoms with E-state index < -0.39 is 74.6 Å². The van der Waals surface area contributed by atoms with Gasteiger partial charge in [0.05, 0.1) is 13.2 Å². The second-order valence-electron chi connectivity index (χ2n) is 5.44. The van der Waals surface area contributed by atoms with Gasteiger partial charge in [-0.25, -0.2) is 0 Å².